The van der Waals surface area contributed by atoms with Gasteiger partial charge in [0.1, 0.15) is 6.61 Å². The normalized spacial score (nSPS) is 28.0. The molecule has 1 aromatic heterocycles. The van der Waals surface area contributed by atoms with Gasteiger partial charge in [-0.1, -0.05) is 45.0 Å². The molecule has 2 aliphatic carbocycles. The lowest BCUT2D eigenvalue weighted by Crippen LogP contribution is -2.66. The number of nitrogens with two attached hydrogens (primary N) is 1. The molecule has 2 saturated carbocycles. The Morgan fingerprint density at radius 3 is 2.34 bits per heavy atom. The van der Waals surface area contributed by atoms with Crippen LogP contribution >= 0.6 is 0 Å². The number of aryl methyl sites for hydroxylation is 2. The van der Waals surface area contributed by atoms with E-state index in [2.05, 4.69) is 42.4 Å². The Morgan fingerprint density at radius 1 is 1.05 bits per heavy atom. The van der Waals surface area contributed by atoms with E-state index in [0.717, 1.165) is 42.4 Å². The highest BCUT2D eigenvalue weighted by atomic mass is 32.2. The standard InChI is InChI=1S/C34H43N5O4S/c1-21-9-7-10-22(2)29(21)27-14-28-37-31(36-27)38-44(41,42)26-12-8-11-23(13-26)30(40)39(25(18-43-28)15-32(3,4)5)24-16-34(17-24)19-33(6,35)20-34/h7-14,24-25H,15-20,35H2,1-6H3,(H,36,37,38)/t24?,25-,33?,34?/m1/s1. The zero-order chi connectivity index (χ0) is 31.7. The van der Waals surface area contributed by atoms with Crippen LogP contribution in [0.4, 0.5) is 5.95 Å². The van der Waals surface area contributed by atoms with E-state index in [1.807, 2.05) is 36.9 Å². The summed E-state index contributed by atoms with van der Waals surface area (Å²) in [5.74, 6) is -0.0328. The molecule has 2 fully saturated rings. The summed E-state index contributed by atoms with van der Waals surface area (Å²) in [5.41, 5.74) is 10.1. The summed E-state index contributed by atoms with van der Waals surface area (Å²) in [7, 11) is -4.11. The molecular weight excluding hydrogens is 574 g/mol. The van der Waals surface area contributed by atoms with Crippen molar-refractivity contribution in [2.75, 3.05) is 11.3 Å². The van der Waals surface area contributed by atoms with Gasteiger partial charge >= 0.3 is 0 Å². The second kappa shape index (κ2) is 10.5. The second-order valence-corrected chi connectivity index (χ2v) is 16.5. The summed E-state index contributed by atoms with van der Waals surface area (Å²) in [4.78, 5) is 25.4. The van der Waals surface area contributed by atoms with Gasteiger partial charge in [0.25, 0.3) is 15.9 Å². The predicted molar refractivity (Wildman–Crippen MR) is 171 cm³/mol. The number of hydrogen-bond donors (Lipinski definition) is 2. The Morgan fingerprint density at radius 2 is 1.70 bits per heavy atom. The van der Waals surface area contributed by atoms with Crippen molar-refractivity contribution in [3.05, 3.63) is 65.2 Å². The summed E-state index contributed by atoms with van der Waals surface area (Å²) in [6, 6.07) is 13.7. The topological polar surface area (TPSA) is 128 Å². The number of rotatable bonds is 3. The zero-order valence-corrected chi connectivity index (χ0v) is 27.3. The number of ether oxygens (including phenoxy) is 1. The first-order valence-corrected chi connectivity index (χ1v) is 16.8. The first-order valence-electron chi connectivity index (χ1n) is 15.4. The van der Waals surface area contributed by atoms with Crippen molar-refractivity contribution in [3.63, 3.8) is 0 Å². The van der Waals surface area contributed by atoms with E-state index < -0.39 is 10.0 Å². The average Bonchev–Trinajstić information content (AvgIpc) is 2.88. The Labute approximate surface area is 260 Å². The number of anilines is 1. The number of carbonyl (C=O) groups is 1. The maximum absolute atomic E-state index is 14.4. The number of aromatic nitrogens is 2. The van der Waals surface area contributed by atoms with E-state index in [1.165, 1.54) is 12.1 Å². The van der Waals surface area contributed by atoms with E-state index in [9.17, 15) is 13.2 Å². The number of hydrogen-bond acceptors (Lipinski definition) is 7. The van der Waals surface area contributed by atoms with Crippen molar-refractivity contribution >= 4 is 21.9 Å². The number of amides is 1. The van der Waals surface area contributed by atoms with E-state index in [0.29, 0.717) is 17.7 Å². The van der Waals surface area contributed by atoms with Crippen LogP contribution in [0.3, 0.4) is 0 Å². The monoisotopic (exact) mass is 617 g/mol. The quantitative estimate of drug-likeness (QED) is 0.377. The van der Waals surface area contributed by atoms with Crippen LogP contribution in [0, 0.1) is 24.7 Å². The number of fused-ring (bicyclic) bond motifs is 4. The summed E-state index contributed by atoms with van der Waals surface area (Å²) < 4.78 is 36.2. The SMILES string of the molecule is Cc1cccc(C)c1-c1cc2nc(n1)NS(=O)(=O)c1cccc(c1)C(=O)N(C1CC3(C1)CC(C)(N)C3)[C@H](CC(C)(C)C)CO2. The Balaban J connectivity index is 1.46. The molecule has 2 aromatic carbocycles. The van der Waals surface area contributed by atoms with Crippen molar-refractivity contribution in [1.29, 1.82) is 0 Å². The number of carbonyl (C=O) groups excluding carboxylic acids is 1. The van der Waals surface area contributed by atoms with Crippen LogP contribution < -0.4 is 15.2 Å². The fraction of sp³-hybridized carbons (Fsp3) is 0.500. The van der Waals surface area contributed by atoms with E-state index in [4.69, 9.17) is 10.5 Å². The smallest absolute Gasteiger partial charge is 0.264 e. The van der Waals surface area contributed by atoms with Gasteiger partial charge in [-0.2, -0.15) is 4.98 Å². The third kappa shape index (κ3) is 5.94. The molecule has 3 N–H and O–H groups in total. The molecule has 0 unspecified atom stereocenters. The molecule has 4 bridgehead atoms. The number of sulfonamides is 1. The predicted octanol–water partition coefficient (Wildman–Crippen LogP) is 5.86. The lowest BCUT2D eigenvalue weighted by Gasteiger charge is -2.63. The molecule has 44 heavy (non-hydrogen) atoms. The van der Waals surface area contributed by atoms with Gasteiger partial charge in [0, 0.05) is 28.8 Å². The van der Waals surface area contributed by atoms with Gasteiger partial charge in [-0.3, -0.25) is 4.79 Å². The van der Waals surface area contributed by atoms with E-state index >= 15 is 0 Å². The largest absolute Gasteiger partial charge is 0.475 e. The molecule has 0 saturated heterocycles. The molecule has 1 spiro atoms. The van der Waals surface area contributed by atoms with E-state index in [1.54, 1.807) is 18.2 Å². The fourth-order valence-corrected chi connectivity index (χ4v) is 8.85. The highest BCUT2D eigenvalue weighted by molar-refractivity contribution is 7.92. The highest BCUT2D eigenvalue weighted by Crippen LogP contribution is 2.61. The number of benzene rings is 2. The lowest BCUT2D eigenvalue weighted by atomic mass is 9.47. The average molecular weight is 618 g/mol. The third-order valence-electron chi connectivity index (χ3n) is 9.24. The number of nitrogens with zero attached hydrogens (tertiary/aromatic N) is 3. The van der Waals surface area contributed by atoms with Crippen molar-refractivity contribution in [2.24, 2.45) is 16.6 Å². The van der Waals surface area contributed by atoms with Crippen LogP contribution in [0.2, 0.25) is 0 Å². The molecule has 3 aromatic rings. The second-order valence-electron chi connectivity index (χ2n) is 14.8. The van der Waals surface area contributed by atoms with E-state index in [-0.39, 0.29) is 57.7 Å². The van der Waals surface area contributed by atoms with Crippen LogP contribution in [0.5, 0.6) is 5.88 Å². The Hall–Kier alpha value is -3.50. The maximum atomic E-state index is 14.4. The molecule has 2 heterocycles. The van der Waals surface area contributed by atoms with Crippen LogP contribution in [0.1, 0.15) is 81.3 Å². The summed E-state index contributed by atoms with van der Waals surface area (Å²) in [6.07, 6.45) is 4.33. The zero-order valence-electron chi connectivity index (χ0n) is 26.5. The van der Waals surface area contributed by atoms with Gasteiger partial charge in [0.05, 0.1) is 16.6 Å². The lowest BCUT2D eigenvalue weighted by molar-refractivity contribution is -0.0982. The molecular formula is C34H43N5O4S. The minimum atomic E-state index is -4.11. The van der Waals surface area contributed by atoms with Gasteiger partial charge in [-0.25, -0.2) is 18.1 Å². The molecule has 0 radical (unpaired) electrons. The fourth-order valence-electron chi connectivity index (χ4n) is 7.86. The molecule has 3 aliphatic rings. The van der Waals surface area contributed by atoms with Crippen molar-refractivity contribution < 1.29 is 17.9 Å². The maximum Gasteiger partial charge on any atom is 0.264 e. The van der Waals surface area contributed by atoms with Gasteiger partial charge < -0.3 is 15.4 Å². The summed E-state index contributed by atoms with van der Waals surface area (Å²) in [5, 5.41) is 0. The molecule has 6 rings (SSSR count). The Kier molecular flexibility index (Phi) is 7.32. The molecule has 1 amide bonds. The molecule has 9 nitrogen and oxygen atoms in total. The van der Waals surface area contributed by atoms with Crippen molar-refractivity contribution in [2.45, 2.75) is 96.2 Å². The Bertz CT molecular complexity index is 1690. The minimum absolute atomic E-state index is 0.00389. The van der Waals surface area contributed by atoms with Gasteiger partial charge in [0.2, 0.25) is 11.8 Å². The molecule has 10 heteroatoms. The molecule has 1 aliphatic heterocycles. The molecule has 1 atom stereocenters. The van der Waals surface area contributed by atoms with Crippen LogP contribution in [-0.4, -0.2) is 53.4 Å². The first-order chi connectivity index (χ1) is 20.5. The van der Waals surface area contributed by atoms with Crippen LogP contribution in [0.25, 0.3) is 11.3 Å². The summed E-state index contributed by atoms with van der Waals surface area (Å²) in [6.45, 7) is 12.8. The van der Waals surface area contributed by atoms with Gasteiger partial charge in [-0.05, 0) is 93.0 Å². The first kappa shape index (κ1) is 30.5. The van der Waals surface area contributed by atoms with Gasteiger partial charge in [0.15, 0.2) is 0 Å². The highest BCUT2D eigenvalue weighted by Gasteiger charge is 2.59. The van der Waals surface area contributed by atoms with Crippen molar-refractivity contribution in [3.8, 4) is 17.1 Å². The van der Waals surface area contributed by atoms with Crippen LogP contribution in [-0.2, 0) is 10.0 Å². The van der Waals surface area contributed by atoms with Crippen LogP contribution in [0.15, 0.2) is 53.4 Å². The minimum Gasteiger partial charge on any atom is -0.475 e. The van der Waals surface area contributed by atoms with Crippen molar-refractivity contribution in [1.82, 2.24) is 14.9 Å². The third-order valence-corrected chi connectivity index (χ3v) is 10.6. The van der Waals surface area contributed by atoms with Gasteiger partial charge in [-0.15, -0.1) is 0 Å². The summed E-state index contributed by atoms with van der Waals surface area (Å²) >= 11 is 0. The molecule has 234 valence electrons. The number of nitrogens with one attached hydrogen (secondary N) is 1.